The Bertz CT molecular complexity index is 456. The Hall–Kier alpha value is -1.54. The molecule has 0 aliphatic rings. The van der Waals surface area contributed by atoms with Gasteiger partial charge in [-0.1, -0.05) is 18.2 Å². The molecule has 0 aliphatic heterocycles. The topological polar surface area (TPSA) is 16.1 Å². The van der Waals surface area contributed by atoms with Crippen LogP contribution in [-0.4, -0.2) is 12.0 Å². The largest absolute Gasteiger partial charge is 0.344 e. The molecular weight excluding hydrogens is 220 g/mol. The molecule has 3 heteroatoms. The molecule has 0 radical (unpaired) electrons. The van der Waals surface area contributed by atoms with Crippen molar-refractivity contribution in [2.75, 3.05) is 11.9 Å². The third-order valence-electron chi connectivity index (χ3n) is 2.53. The summed E-state index contributed by atoms with van der Waals surface area (Å²) in [5.74, 6) is 0.473. The molecule has 2 rings (SSSR count). The highest BCUT2D eigenvalue weighted by Crippen LogP contribution is 2.26. The van der Waals surface area contributed by atoms with E-state index < -0.39 is 0 Å². The summed E-state index contributed by atoms with van der Waals surface area (Å²) in [5.41, 5.74) is 3.27. The number of pyridine rings is 1. The summed E-state index contributed by atoms with van der Waals surface area (Å²) >= 11 is 5.90. The number of aromatic nitrogens is 1. The first-order valence-electron chi connectivity index (χ1n) is 5.10. The van der Waals surface area contributed by atoms with Gasteiger partial charge in [0.05, 0.1) is 5.88 Å². The van der Waals surface area contributed by atoms with E-state index >= 15 is 0 Å². The third kappa shape index (κ3) is 2.17. The fourth-order valence-corrected chi connectivity index (χ4v) is 1.85. The zero-order chi connectivity index (χ0) is 11.4. The first-order valence-corrected chi connectivity index (χ1v) is 5.64. The van der Waals surface area contributed by atoms with Gasteiger partial charge in [0, 0.05) is 36.4 Å². The van der Waals surface area contributed by atoms with Crippen LogP contribution in [0, 0.1) is 0 Å². The van der Waals surface area contributed by atoms with Gasteiger partial charge < -0.3 is 4.90 Å². The van der Waals surface area contributed by atoms with Crippen molar-refractivity contribution in [2.45, 2.75) is 5.88 Å². The van der Waals surface area contributed by atoms with Crippen LogP contribution in [0.1, 0.15) is 5.56 Å². The van der Waals surface area contributed by atoms with E-state index in [9.17, 15) is 0 Å². The highest BCUT2D eigenvalue weighted by molar-refractivity contribution is 6.17. The fourth-order valence-electron chi connectivity index (χ4n) is 1.64. The average molecular weight is 233 g/mol. The molecule has 0 amide bonds. The molecule has 0 saturated heterocycles. The predicted octanol–water partition coefficient (Wildman–Crippen LogP) is 3.59. The number of hydrogen-bond acceptors (Lipinski definition) is 2. The van der Waals surface area contributed by atoms with E-state index in [4.69, 9.17) is 11.6 Å². The van der Waals surface area contributed by atoms with Crippen molar-refractivity contribution in [3.8, 4) is 0 Å². The van der Waals surface area contributed by atoms with Gasteiger partial charge in [0.2, 0.25) is 0 Å². The van der Waals surface area contributed by atoms with Crippen LogP contribution in [0.15, 0.2) is 48.8 Å². The molecule has 0 spiro atoms. The summed E-state index contributed by atoms with van der Waals surface area (Å²) in [4.78, 5) is 6.19. The van der Waals surface area contributed by atoms with Gasteiger partial charge in [-0.05, 0) is 18.2 Å². The molecule has 1 aromatic carbocycles. The van der Waals surface area contributed by atoms with Gasteiger partial charge in [-0.25, -0.2) is 0 Å². The number of rotatable bonds is 3. The summed E-state index contributed by atoms with van der Waals surface area (Å²) in [5, 5.41) is 0. The van der Waals surface area contributed by atoms with E-state index in [1.54, 1.807) is 6.20 Å². The lowest BCUT2D eigenvalue weighted by atomic mass is 10.2. The van der Waals surface area contributed by atoms with E-state index in [2.05, 4.69) is 22.0 Å². The van der Waals surface area contributed by atoms with Gasteiger partial charge in [-0.3, -0.25) is 4.98 Å². The summed E-state index contributed by atoms with van der Waals surface area (Å²) in [6.07, 6.45) is 3.59. The molecule has 0 saturated carbocycles. The number of benzene rings is 1. The number of para-hydroxylation sites is 1. The highest BCUT2D eigenvalue weighted by Gasteiger charge is 2.07. The van der Waals surface area contributed by atoms with Crippen LogP contribution in [0.4, 0.5) is 11.4 Å². The van der Waals surface area contributed by atoms with Crippen molar-refractivity contribution < 1.29 is 0 Å². The second-order valence-corrected chi connectivity index (χ2v) is 3.80. The number of halogens is 1. The predicted molar refractivity (Wildman–Crippen MR) is 68.3 cm³/mol. The average Bonchev–Trinajstić information content (AvgIpc) is 2.39. The van der Waals surface area contributed by atoms with Gasteiger partial charge in [0.1, 0.15) is 0 Å². The molecule has 82 valence electrons. The van der Waals surface area contributed by atoms with Crippen LogP contribution < -0.4 is 4.90 Å². The summed E-state index contributed by atoms with van der Waals surface area (Å²) in [6.45, 7) is 0. The Labute approximate surface area is 101 Å². The molecule has 2 aromatic rings. The normalized spacial score (nSPS) is 10.1. The Balaban J connectivity index is 2.37. The van der Waals surface area contributed by atoms with Crippen LogP contribution in [0.5, 0.6) is 0 Å². The Morgan fingerprint density at radius 2 is 1.94 bits per heavy atom. The molecule has 0 N–H and O–H groups in total. The zero-order valence-corrected chi connectivity index (χ0v) is 9.85. The SMILES string of the molecule is CN(c1ccccc1)c1ccncc1CCl. The number of anilines is 2. The molecular formula is C13H13ClN2. The van der Waals surface area contributed by atoms with Gasteiger partial charge in [0.25, 0.3) is 0 Å². The summed E-state index contributed by atoms with van der Waals surface area (Å²) in [6, 6.07) is 12.2. The van der Waals surface area contributed by atoms with E-state index in [-0.39, 0.29) is 0 Å². The molecule has 0 unspecified atom stereocenters. The Morgan fingerprint density at radius 1 is 1.19 bits per heavy atom. The Morgan fingerprint density at radius 3 is 2.62 bits per heavy atom. The lowest BCUT2D eigenvalue weighted by Crippen LogP contribution is -2.11. The molecule has 1 aromatic heterocycles. The van der Waals surface area contributed by atoms with Crippen LogP contribution in [0.3, 0.4) is 0 Å². The van der Waals surface area contributed by atoms with E-state index in [0.29, 0.717) is 5.88 Å². The van der Waals surface area contributed by atoms with Gasteiger partial charge in [-0.15, -0.1) is 11.6 Å². The molecule has 0 atom stereocenters. The minimum absolute atomic E-state index is 0.473. The van der Waals surface area contributed by atoms with Crippen molar-refractivity contribution in [3.05, 3.63) is 54.4 Å². The van der Waals surface area contributed by atoms with Gasteiger partial charge in [-0.2, -0.15) is 0 Å². The highest BCUT2D eigenvalue weighted by atomic mass is 35.5. The molecule has 0 bridgehead atoms. The quantitative estimate of drug-likeness (QED) is 0.752. The minimum atomic E-state index is 0.473. The van der Waals surface area contributed by atoms with Crippen molar-refractivity contribution in [1.29, 1.82) is 0 Å². The molecule has 2 nitrogen and oxygen atoms in total. The number of nitrogens with zero attached hydrogens (tertiary/aromatic N) is 2. The third-order valence-corrected chi connectivity index (χ3v) is 2.81. The molecule has 16 heavy (non-hydrogen) atoms. The Kier molecular flexibility index (Phi) is 3.42. The van der Waals surface area contributed by atoms with Crippen molar-refractivity contribution >= 4 is 23.0 Å². The number of alkyl halides is 1. The molecule has 0 aliphatic carbocycles. The van der Waals surface area contributed by atoms with Crippen LogP contribution in [-0.2, 0) is 5.88 Å². The van der Waals surface area contributed by atoms with Crippen molar-refractivity contribution in [2.24, 2.45) is 0 Å². The summed E-state index contributed by atoms with van der Waals surface area (Å²) in [7, 11) is 2.03. The molecule has 0 fully saturated rings. The number of hydrogen-bond donors (Lipinski definition) is 0. The van der Waals surface area contributed by atoms with Crippen molar-refractivity contribution in [3.63, 3.8) is 0 Å². The lowest BCUT2D eigenvalue weighted by molar-refractivity contribution is 1.14. The van der Waals surface area contributed by atoms with Crippen LogP contribution >= 0.6 is 11.6 Å². The first-order chi connectivity index (χ1) is 7.83. The monoisotopic (exact) mass is 232 g/mol. The van der Waals surface area contributed by atoms with Crippen LogP contribution in [0.25, 0.3) is 0 Å². The second kappa shape index (κ2) is 4.99. The van der Waals surface area contributed by atoms with Gasteiger partial charge >= 0.3 is 0 Å². The lowest BCUT2D eigenvalue weighted by Gasteiger charge is -2.21. The zero-order valence-electron chi connectivity index (χ0n) is 9.10. The van der Waals surface area contributed by atoms with Crippen molar-refractivity contribution in [1.82, 2.24) is 4.98 Å². The standard InChI is InChI=1S/C13H13ClN2/c1-16(12-5-3-2-4-6-12)13-7-8-15-10-11(13)9-14/h2-8,10H,9H2,1H3. The smallest absolute Gasteiger partial charge is 0.0510 e. The van der Waals surface area contributed by atoms with Crippen LogP contribution in [0.2, 0.25) is 0 Å². The van der Waals surface area contributed by atoms with E-state index in [0.717, 1.165) is 16.9 Å². The maximum Gasteiger partial charge on any atom is 0.0510 e. The van der Waals surface area contributed by atoms with E-state index in [1.165, 1.54) is 0 Å². The second-order valence-electron chi connectivity index (χ2n) is 3.53. The minimum Gasteiger partial charge on any atom is -0.344 e. The maximum atomic E-state index is 5.90. The molecule has 1 heterocycles. The maximum absolute atomic E-state index is 5.90. The first kappa shape index (κ1) is 11.0. The summed E-state index contributed by atoms with van der Waals surface area (Å²) < 4.78 is 0. The van der Waals surface area contributed by atoms with Gasteiger partial charge in [0.15, 0.2) is 0 Å². The fraction of sp³-hybridized carbons (Fsp3) is 0.154. The van der Waals surface area contributed by atoms with E-state index in [1.807, 2.05) is 37.5 Å².